The van der Waals surface area contributed by atoms with Crippen LogP contribution in [0.15, 0.2) is 83.8 Å². The molecule has 0 fully saturated rings. The first-order valence-corrected chi connectivity index (χ1v) is 10.7. The summed E-state index contributed by atoms with van der Waals surface area (Å²) in [6.07, 6.45) is 0.416. The van der Waals surface area contributed by atoms with Crippen LogP contribution in [0.2, 0.25) is 0 Å². The van der Waals surface area contributed by atoms with Gasteiger partial charge in [-0.05, 0) is 67.6 Å². The Morgan fingerprint density at radius 2 is 1.47 bits per heavy atom. The molecule has 0 saturated heterocycles. The number of thioether (sulfide) groups is 1. The average molecular weight is 421 g/mol. The highest BCUT2D eigenvalue weighted by Crippen LogP contribution is 2.19. The van der Waals surface area contributed by atoms with E-state index < -0.39 is 0 Å². The minimum Gasteiger partial charge on any atom is -0.494 e. The van der Waals surface area contributed by atoms with Crippen molar-refractivity contribution in [3.8, 4) is 5.75 Å². The van der Waals surface area contributed by atoms with Crippen LogP contribution in [0.25, 0.3) is 0 Å². The summed E-state index contributed by atoms with van der Waals surface area (Å²) in [6, 6.07) is 24.1. The van der Waals surface area contributed by atoms with Gasteiger partial charge in [0.25, 0.3) is 5.91 Å². The number of benzene rings is 3. The van der Waals surface area contributed by atoms with Crippen molar-refractivity contribution in [3.63, 3.8) is 0 Å². The van der Waals surface area contributed by atoms with Crippen LogP contribution in [0.4, 0.5) is 11.4 Å². The number of nitrogens with one attached hydrogen (secondary N) is 2. The Labute approximate surface area is 180 Å². The van der Waals surface area contributed by atoms with Gasteiger partial charge in [-0.25, -0.2) is 0 Å². The molecular formula is C24H24N2O3S. The predicted octanol–water partition coefficient (Wildman–Crippen LogP) is 5.46. The summed E-state index contributed by atoms with van der Waals surface area (Å²) in [5, 5.41) is 5.71. The van der Waals surface area contributed by atoms with E-state index >= 15 is 0 Å². The highest BCUT2D eigenvalue weighted by molar-refractivity contribution is 7.99. The third kappa shape index (κ3) is 6.67. The van der Waals surface area contributed by atoms with Crippen molar-refractivity contribution in [2.75, 3.05) is 23.0 Å². The van der Waals surface area contributed by atoms with Crippen molar-refractivity contribution in [2.24, 2.45) is 0 Å². The molecule has 0 aliphatic carbocycles. The predicted molar refractivity (Wildman–Crippen MR) is 122 cm³/mol. The Morgan fingerprint density at radius 1 is 0.833 bits per heavy atom. The summed E-state index contributed by atoms with van der Waals surface area (Å²) in [7, 11) is 0. The van der Waals surface area contributed by atoms with E-state index in [4.69, 9.17) is 4.74 Å². The van der Waals surface area contributed by atoms with Crippen molar-refractivity contribution in [3.05, 3.63) is 84.4 Å². The molecule has 0 unspecified atom stereocenters. The van der Waals surface area contributed by atoms with Gasteiger partial charge < -0.3 is 15.4 Å². The lowest BCUT2D eigenvalue weighted by atomic mass is 10.2. The molecular weight excluding hydrogens is 396 g/mol. The summed E-state index contributed by atoms with van der Waals surface area (Å²) in [5.41, 5.74) is 1.88. The molecule has 2 N–H and O–H groups in total. The van der Waals surface area contributed by atoms with Gasteiger partial charge in [0, 0.05) is 34.0 Å². The zero-order chi connectivity index (χ0) is 21.2. The maximum atomic E-state index is 12.4. The van der Waals surface area contributed by atoms with E-state index in [0.717, 1.165) is 10.6 Å². The average Bonchev–Trinajstić information content (AvgIpc) is 2.76. The first-order chi connectivity index (χ1) is 14.6. The Bertz CT molecular complexity index is 958. The molecule has 0 aliphatic rings. The largest absolute Gasteiger partial charge is 0.494 e. The van der Waals surface area contributed by atoms with E-state index in [1.54, 1.807) is 48.2 Å². The monoisotopic (exact) mass is 420 g/mol. The van der Waals surface area contributed by atoms with Gasteiger partial charge >= 0.3 is 0 Å². The molecule has 3 rings (SSSR count). The maximum absolute atomic E-state index is 12.4. The highest BCUT2D eigenvalue weighted by Gasteiger charge is 2.08. The van der Waals surface area contributed by atoms with Crippen LogP contribution in [0.3, 0.4) is 0 Å². The minimum absolute atomic E-state index is 0.0509. The Kier molecular flexibility index (Phi) is 7.92. The third-order valence-corrected chi connectivity index (χ3v) is 5.21. The van der Waals surface area contributed by atoms with Crippen molar-refractivity contribution < 1.29 is 14.3 Å². The van der Waals surface area contributed by atoms with Crippen LogP contribution in [0, 0.1) is 0 Å². The van der Waals surface area contributed by atoms with Gasteiger partial charge in [0.2, 0.25) is 5.91 Å². The molecule has 154 valence electrons. The van der Waals surface area contributed by atoms with Crippen LogP contribution in [-0.4, -0.2) is 24.2 Å². The fourth-order valence-corrected chi connectivity index (χ4v) is 3.58. The minimum atomic E-state index is -0.212. The van der Waals surface area contributed by atoms with Gasteiger partial charge in [0.15, 0.2) is 0 Å². The number of hydrogen-bond donors (Lipinski definition) is 2. The summed E-state index contributed by atoms with van der Waals surface area (Å²) >= 11 is 1.65. The fourth-order valence-electron chi connectivity index (χ4n) is 2.71. The van der Waals surface area contributed by atoms with Gasteiger partial charge in [-0.1, -0.05) is 18.2 Å². The number of hydrogen-bond acceptors (Lipinski definition) is 4. The Hall–Kier alpha value is -3.25. The van der Waals surface area contributed by atoms with E-state index in [1.165, 1.54) is 0 Å². The first-order valence-electron chi connectivity index (χ1n) is 9.76. The fraction of sp³-hybridized carbons (Fsp3) is 0.167. The third-order valence-electron chi connectivity index (χ3n) is 4.20. The molecule has 2 amide bonds. The number of carbonyl (C=O) groups is 2. The molecule has 0 aliphatic heterocycles. The zero-order valence-corrected chi connectivity index (χ0v) is 17.6. The molecule has 0 aromatic heterocycles. The molecule has 3 aromatic rings. The zero-order valence-electron chi connectivity index (χ0n) is 16.8. The van der Waals surface area contributed by atoms with Crippen LogP contribution >= 0.6 is 11.8 Å². The van der Waals surface area contributed by atoms with Crippen molar-refractivity contribution >= 4 is 35.0 Å². The van der Waals surface area contributed by atoms with Crippen LogP contribution < -0.4 is 15.4 Å². The Balaban J connectivity index is 1.46. The van der Waals surface area contributed by atoms with Crippen LogP contribution in [-0.2, 0) is 4.79 Å². The second-order valence-corrected chi connectivity index (χ2v) is 7.62. The molecule has 3 aromatic carbocycles. The lowest BCUT2D eigenvalue weighted by Gasteiger charge is -2.09. The van der Waals surface area contributed by atoms with Gasteiger partial charge in [0.05, 0.1) is 6.61 Å². The van der Waals surface area contributed by atoms with Crippen LogP contribution in [0.1, 0.15) is 23.7 Å². The van der Waals surface area contributed by atoms with Gasteiger partial charge in [-0.15, -0.1) is 11.8 Å². The second kappa shape index (κ2) is 11.1. The lowest BCUT2D eigenvalue weighted by Crippen LogP contribution is -2.14. The van der Waals surface area contributed by atoms with E-state index in [1.807, 2.05) is 49.4 Å². The highest BCUT2D eigenvalue weighted by atomic mass is 32.2. The molecule has 0 saturated carbocycles. The standard InChI is InChI=1S/C24H24N2O3S/c1-2-29-21-14-12-20(13-15-21)26-24(28)18-8-10-19(11-9-18)25-23(27)16-17-30-22-6-4-3-5-7-22/h3-15H,2,16-17H2,1H3,(H,25,27)(H,26,28). The summed E-state index contributed by atoms with van der Waals surface area (Å²) in [6.45, 7) is 2.52. The molecule has 30 heavy (non-hydrogen) atoms. The molecule has 0 atom stereocenters. The second-order valence-electron chi connectivity index (χ2n) is 6.45. The van der Waals surface area contributed by atoms with Gasteiger partial charge in [-0.3, -0.25) is 9.59 Å². The number of anilines is 2. The number of rotatable bonds is 9. The summed E-state index contributed by atoms with van der Waals surface area (Å²) in [5.74, 6) is 1.21. The Morgan fingerprint density at radius 3 is 2.13 bits per heavy atom. The number of carbonyl (C=O) groups excluding carboxylic acids is 2. The molecule has 0 spiro atoms. The topological polar surface area (TPSA) is 67.4 Å². The van der Waals surface area contributed by atoms with Crippen molar-refractivity contribution in [2.45, 2.75) is 18.2 Å². The first kappa shape index (κ1) is 21.5. The molecule has 0 radical (unpaired) electrons. The quantitative estimate of drug-likeness (QED) is 0.451. The molecule has 6 heteroatoms. The van der Waals surface area contributed by atoms with Crippen molar-refractivity contribution in [1.29, 1.82) is 0 Å². The van der Waals surface area contributed by atoms with E-state index in [2.05, 4.69) is 10.6 Å². The molecule has 0 heterocycles. The summed E-state index contributed by atoms with van der Waals surface area (Å²) < 4.78 is 5.39. The van der Waals surface area contributed by atoms with E-state index in [0.29, 0.717) is 35.7 Å². The van der Waals surface area contributed by atoms with E-state index in [9.17, 15) is 9.59 Å². The maximum Gasteiger partial charge on any atom is 0.255 e. The summed E-state index contributed by atoms with van der Waals surface area (Å²) in [4.78, 5) is 25.7. The number of ether oxygens (including phenoxy) is 1. The smallest absolute Gasteiger partial charge is 0.255 e. The molecule has 5 nitrogen and oxygen atoms in total. The molecule has 0 bridgehead atoms. The van der Waals surface area contributed by atoms with Crippen LogP contribution in [0.5, 0.6) is 5.75 Å². The van der Waals surface area contributed by atoms with E-state index in [-0.39, 0.29) is 11.8 Å². The van der Waals surface area contributed by atoms with Gasteiger partial charge in [-0.2, -0.15) is 0 Å². The van der Waals surface area contributed by atoms with Crippen molar-refractivity contribution in [1.82, 2.24) is 0 Å². The normalized spacial score (nSPS) is 10.3. The number of amides is 2. The lowest BCUT2D eigenvalue weighted by molar-refractivity contribution is -0.115. The SMILES string of the molecule is CCOc1ccc(NC(=O)c2ccc(NC(=O)CCSc3ccccc3)cc2)cc1. The van der Waals surface area contributed by atoms with Gasteiger partial charge in [0.1, 0.15) is 5.75 Å².